The van der Waals surface area contributed by atoms with Crippen LogP contribution in [0.15, 0.2) is 18.2 Å². The van der Waals surface area contributed by atoms with Crippen molar-refractivity contribution in [3.63, 3.8) is 0 Å². The Balaban J connectivity index is 3.01. The van der Waals surface area contributed by atoms with Crippen LogP contribution in [-0.2, 0) is 0 Å². The van der Waals surface area contributed by atoms with Gasteiger partial charge in [-0.3, -0.25) is 0 Å². The van der Waals surface area contributed by atoms with Crippen LogP contribution in [0.25, 0.3) is 0 Å². The second-order valence-electron chi connectivity index (χ2n) is 3.32. The van der Waals surface area contributed by atoms with Crippen LogP contribution in [0.2, 0.25) is 0 Å². The first kappa shape index (κ1) is 12.0. The minimum atomic E-state index is -1.65. The standard InChI is InChI=1S/C10H12F2O3/c1-5(13)9(14)10(15)6-3-2-4-7(11)8(6)12/h2-5,9-10,13-15H,1H3. The summed E-state index contributed by atoms with van der Waals surface area (Å²) in [6, 6.07) is 3.26. The van der Waals surface area contributed by atoms with Crippen molar-refractivity contribution in [2.45, 2.75) is 25.2 Å². The summed E-state index contributed by atoms with van der Waals surface area (Å²) in [6.45, 7) is 1.24. The van der Waals surface area contributed by atoms with Crippen molar-refractivity contribution in [3.8, 4) is 0 Å². The van der Waals surface area contributed by atoms with Gasteiger partial charge in [0.25, 0.3) is 0 Å². The van der Waals surface area contributed by atoms with Crippen molar-refractivity contribution in [2.24, 2.45) is 0 Å². The lowest BCUT2D eigenvalue weighted by molar-refractivity contribution is -0.0545. The van der Waals surface area contributed by atoms with E-state index >= 15 is 0 Å². The number of hydrogen-bond donors (Lipinski definition) is 3. The molecule has 0 aliphatic heterocycles. The zero-order valence-corrected chi connectivity index (χ0v) is 8.06. The Bertz CT molecular complexity index is 341. The maximum atomic E-state index is 13.1. The Morgan fingerprint density at radius 1 is 1.13 bits per heavy atom. The Hall–Kier alpha value is -1.04. The molecule has 3 unspecified atom stereocenters. The van der Waals surface area contributed by atoms with Gasteiger partial charge in [0.2, 0.25) is 0 Å². The fourth-order valence-electron chi connectivity index (χ4n) is 1.20. The molecule has 1 aromatic rings. The van der Waals surface area contributed by atoms with Crippen LogP contribution < -0.4 is 0 Å². The largest absolute Gasteiger partial charge is 0.391 e. The number of aliphatic hydroxyl groups excluding tert-OH is 3. The average Bonchev–Trinajstić information content (AvgIpc) is 2.20. The number of aliphatic hydroxyl groups is 3. The van der Waals surface area contributed by atoms with Gasteiger partial charge in [0.1, 0.15) is 12.2 Å². The molecule has 5 heteroatoms. The van der Waals surface area contributed by atoms with Crippen molar-refractivity contribution >= 4 is 0 Å². The maximum Gasteiger partial charge on any atom is 0.164 e. The van der Waals surface area contributed by atoms with Crippen LogP contribution in [-0.4, -0.2) is 27.5 Å². The average molecular weight is 218 g/mol. The highest BCUT2D eigenvalue weighted by atomic mass is 19.2. The van der Waals surface area contributed by atoms with E-state index in [-0.39, 0.29) is 5.56 Å². The first-order valence-corrected chi connectivity index (χ1v) is 4.43. The maximum absolute atomic E-state index is 13.1. The second-order valence-corrected chi connectivity index (χ2v) is 3.32. The fraction of sp³-hybridized carbons (Fsp3) is 0.400. The van der Waals surface area contributed by atoms with E-state index in [2.05, 4.69) is 0 Å². The highest BCUT2D eigenvalue weighted by molar-refractivity contribution is 5.22. The predicted octanol–water partition coefficient (Wildman–Crippen LogP) is 0.740. The minimum Gasteiger partial charge on any atom is -0.391 e. The number of hydrogen-bond acceptors (Lipinski definition) is 3. The van der Waals surface area contributed by atoms with Crippen LogP contribution in [0, 0.1) is 11.6 Å². The molecule has 0 aliphatic rings. The van der Waals surface area contributed by atoms with E-state index in [1.165, 1.54) is 13.0 Å². The summed E-state index contributed by atoms with van der Waals surface area (Å²) in [5.41, 5.74) is -0.372. The third-order valence-corrected chi connectivity index (χ3v) is 2.12. The molecule has 0 aromatic heterocycles. The van der Waals surface area contributed by atoms with Gasteiger partial charge >= 0.3 is 0 Å². The van der Waals surface area contributed by atoms with Crippen molar-refractivity contribution < 1.29 is 24.1 Å². The SMILES string of the molecule is CC(O)C(O)C(O)c1cccc(F)c1F. The van der Waals surface area contributed by atoms with Gasteiger partial charge in [-0.15, -0.1) is 0 Å². The third-order valence-electron chi connectivity index (χ3n) is 2.12. The van der Waals surface area contributed by atoms with Crippen molar-refractivity contribution in [2.75, 3.05) is 0 Å². The Morgan fingerprint density at radius 2 is 1.73 bits per heavy atom. The number of rotatable bonds is 3. The number of benzene rings is 1. The van der Waals surface area contributed by atoms with E-state index in [0.717, 1.165) is 12.1 Å². The van der Waals surface area contributed by atoms with Crippen molar-refractivity contribution in [3.05, 3.63) is 35.4 Å². The zero-order valence-electron chi connectivity index (χ0n) is 8.06. The van der Waals surface area contributed by atoms with Gasteiger partial charge in [0, 0.05) is 5.56 Å². The van der Waals surface area contributed by atoms with Crippen LogP contribution in [0.4, 0.5) is 8.78 Å². The lowest BCUT2D eigenvalue weighted by Crippen LogP contribution is -2.30. The van der Waals surface area contributed by atoms with E-state index in [1.54, 1.807) is 0 Å². The topological polar surface area (TPSA) is 60.7 Å². The van der Waals surface area contributed by atoms with E-state index < -0.39 is 29.9 Å². The van der Waals surface area contributed by atoms with Gasteiger partial charge in [-0.25, -0.2) is 8.78 Å². The molecule has 0 amide bonds. The van der Waals surface area contributed by atoms with E-state index in [9.17, 15) is 19.0 Å². The number of halogens is 2. The zero-order chi connectivity index (χ0) is 11.6. The predicted molar refractivity (Wildman–Crippen MR) is 49.0 cm³/mol. The van der Waals surface area contributed by atoms with Gasteiger partial charge in [0.15, 0.2) is 11.6 Å². The quantitative estimate of drug-likeness (QED) is 0.701. The first-order valence-electron chi connectivity index (χ1n) is 4.43. The second kappa shape index (κ2) is 4.65. The van der Waals surface area contributed by atoms with Crippen LogP contribution in [0.1, 0.15) is 18.6 Å². The molecule has 0 radical (unpaired) electrons. The highest BCUT2D eigenvalue weighted by Gasteiger charge is 2.26. The molecule has 3 N–H and O–H groups in total. The molecular formula is C10H12F2O3. The van der Waals surface area contributed by atoms with Gasteiger partial charge in [-0.05, 0) is 13.0 Å². The molecule has 0 aliphatic carbocycles. The van der Waals surface area contributed by atoms with Crippen LogP contribution in [0.5, 0.6) is 0 Å². The van der Waals surface area contributed by atoms with Gasteiger partial charge in [0.05, 0.1) is 6.10 Å². The Kier molecular flexibility index (Phi) is 3.73. The molecule has 3 atom stereocenters. The van der Waals surface area contributed by atoms with Crippen LogP contribution in [0.3, 0.4) is 0 Å². The molecule has 15 heavy (non-hydrogen) atoms. The molecule has 0 bridgehead atoms. The van der Waals surface area contributed by atoms with E-state index in [4.69, 9.17) is 5.11 Å². The molecule has 0 saturated carbocycles. The van der Waals surface area contributed by atoms with Crippen molar-refractivity contribution in [1.82, 2.24) is 0 Å². The summed E-state index contributed by atoms with van der Waals surface area (Å²) in [5, 5.41) is 27.7. The molecule has 0 heterocycles. The molecule has 1 aromatic carbocycles. The van der Waals surface area contributed by atoms with Crippen LogP contribution >= 0.6 is 0 Å². The van der Waals surface area contributed by atoms with Gasteiger partial charge in [-0.1, -0.05) is 12.1 Å². The molecule has 1 rings (SSSR count). The third kappa shape index (κ3) is 2.50. The van der Waals surface area contributed by atoms with E-state index in [1.807, 2.05) is 0 Å². The summed E-state index contributed by atoms with van der Waals surface area (Å²) in [7, 11) is 0. The summed E-state index contributed by atoms with van der Waals surface area (Å²) in [4.78, 5) is 0. The molecule has 84 valence electrons. The highest BCUT2D eigenvalue weighted by Crippen LogP contribution is 2.23. The molecule has 0 spiro atoms. The molecule has 3 nitrogen and oxygen atoms in total. The Morgan fingerprint density at radius 3 is 2.27 bits per heavy atom. The van der Waals surface area contributed by atoms with Crippen molar-refractivity contribution in [1.29, 1.82) is 0 Å². The molecule has 0 fully saturated rings. The minimum absolute atomic E-state index is 0.372. The summed E-state index contributed by atoms with van der Waals surface area (Å²) < 4.78 is 25.9. The summed E-state index contributed by atoms with van der Waals surface area (Å²) in [6.07, 6.45) is -4.44. The summed E-state index contributed by atoms with van der Waals surface area (Å²) in [5.74, 6) is -2.32. The normalized spacial score (nSPS) is 17.2. The molecular weight excluding hydrogens is 206 g/mol. The Labute approximate surface area is 85.6 Å². The first-order chi connectivity index (χ1) is 6.95. The fourth-order valence-corrected chi connectivity index (χ4v) is 1.20. The smallest absolute Gasteiger partial charge is 0.164 e. The monoisotopic (exact) mass is 218 g/mol. The van der Waals surface area contributed by atoms with Gasteiger partial charge < -0.3 is 15.3 Å². The van der Waals surface area contributed by atoms with E-state index in [0.29, 0.717) is 0 Å². The summed E-state index contributed by atoms with van der Waals surface area (Å²) >= 11 is 0. The lowest BCUT2D eigenvalue weighted by atomic mass is 10.0. The molecule has 0 saturated heterocycles. The lowest BCUT2D eigenvalue weighted by Gasteiger charge is -2.20. The van der Waals surface area contributed by atoms with Gasteiger partial charge in [-0.2, -0.15) is 0 Å².